The fraction of sp³-hybridized carbons (Fsp3) is 0.438. The lowest BCUT2D eigenvalue weighted by molar-refractivity contribution is -0.137. The first-order valence-electron chi connectivity index (χ1n) is 7.50. The molecule has 0 aliphatic carbocycles. The van der Waals surface area contributed by atoms with Crippen LogP contribution in [0.4, 0.5) is 0 Å². The van der Waals surface area contributed by atoms with Crippen LogP contribution < -0.4 is 0 Å². The molecule has 0 spiro atoms. The molecule has 5 nitrogen and oxygen atoms in total. The van der Waals surface area contributed by atoms with Crippen LogP contribution in [0.5, 0.6) is 0 Å². The minimum absolute atomic E-state index is 0.263. The molecule has 1 aromatic heterocycles. The Bertz CT molecular complexity index is 561. The first-order valence-corrected chi connectivity index (χ1v) is 7.50. The van der Waals surface area contributed by atoms with Crippen molar-refractivity contribution in [3.05, 3.63) is 48.3 Å². The lowest BCUT2D eigenvalue weighted by Gasteiger charge is -2.38. The van der Waals surface area contributed by atoms with E-state index in [0.717, 1.165) is 32.4 Å². The summed E-state index contributed by atoms with van der Waals surface area (Å²) >= 11 is 0. The second-order valence-corrected chi connectivity index (χ2v) is 5.53. The van der Waals surface area contributed by atoms with Gasteiger partial charge in [0.1, 0.15) is 0 Å². The minimum Gasteiger partial charge on any atom is -0.338 e. The van der Waals surface area contributed by atoms with Gasteiger partial charge in [-0.2, -0.15) is 0 Å². The quantitative estimate of drug-likeness (QED) is 0.763. The van der Waals surface area contributed by atoms with Crippen molar-refractivity contribution in [1.82, 2.24) is 19.9 Å². The molecular formula is C16H20N4O. The number of nitrogens with zero attached hydrogens (tertiary/aromatic N) is 4. The normalized spacial score (nSPS) is 15.0. The predicted molar refractivity (Wildman–Crippen MR) is 79.6 cm³/mol. The summed E-state index contributed by atoms with van der Waals surface area (Å²) in [5.41, 5.74) is 1.35. The van der Waals surface area contributed by atoms with E-state index in [-0.39, 0.29) is 5.91 Å². The molecule has 3 rings (SSSR count). The van der Waals surface area contributed by atoms with Crippen molar-refractivity contribution < 1.29 is 4.79 Å². The zero-order chi connectivity index (χ0) is 14.5. The molecule has 0 bridgehead atoms. The summed E-state index contributed by atoms with van der Waals surface area (Å²) in [7, 11) is 0. The Morgan fingerprint density at radius 1 is 1.19 bits per heavy atom. The maximum absolute atomic E-state index is 12.0. The van der Waals surface area contributed by atoms with Gasteiger partial charge in [-0.3, -0.25) is 4.79 Å². The summed E-state index contributed by atoms with van der Waals surface area (Å²) in [5.74, 6) is 0.263. The molecule has 2 aromatic rings. The summed E-state index contributed by atoms with van der Waals surface area (Å²) < 4.78 is 1.83. The first-order chi connectivity index (χ1) is 10.3. The number of rotatable bonds is 6. The van der Waals surface area contributed by atoms with E-state index in [1.807, 2.05) is 21.8 Å². The molecule has 2 heterocycles. The van der Waals surface area contributed by atoms with Gasteiger partial charge in [0.15, 0.2) is 0 Å². The van der Waals surface area contributed by atoms with E-state index in [9.17, 15) is 4.79 Å². The largest absolute Gasteiger partial charge is 0.338 e. The van der Waals surface area contributed by atoms with Crippen molar-refractivity contribution in [2.75, 3.05) is 13.1 Å². The van der Waals surface area contributed by atoms with Crippen LogP contribution in [0.25, 0.3) is 0 Å². The van der Waals surface area contributed by atoms with E-state index in [4.69, 9.17) is 0 Å². The molecule has 1 aromatic carbocycles. The van der Waals surface area contributed by atoms with Gasteiger partial charge in [-0.1, -0.05) is 35.5 Å². The number of unbranched alkanes of at least 4 members (excludes halogenated alkanes) is 1. The van der Waals surface area contributed by atoms with Crippen LogP contribution in [0.2, 0.25) is 0 Å². The molecule has 1 aliphatic rings. The van der Waals surface area contributed by atoms with E-state index in [2.05, 4.69) is 34.6 Å². The van der Waals surface area contributed by atoms with E-state index < -0.39 is 0 Å². The molecule has 21 heavy (non-hydrogen) atoms. The summed E-state index contributed by atoms with van der Waals surface area (Å²) in [6, 6.07) is 10.7. The predicted octanol–water partition coefficient (Wildman–Crippen LogP) is 2.07. The second-order valence-electron chi connectivity index (χ2n) is 5.53. The van der Waals surface area contributed by atoms with Crippen molar-refractivity contribution in [3.63, 3.8) is 0 Å². The number of benzene rings is 1. The summed E-state index contributed by atoms with van der Waals surface area (Å²) in [6.45, 7) is 1.53. The van der Waals surface area contributed by atoms with Crippen molar-refractivity contribution in [3.8, 4) is 0 Å². The zero-order valence-corrected chi connectivity index (χ0v) is 12.1. The van der Waals surface area contributed by atoms with Crippen LogP contribution in [0.3, 0.4) is 0 Å². The van der Waals surface area contributed by atoms with Gasteiger partial charge in [0.25, 0.3) is 0 Å². The Morgan fingerprint density at radius 2 is 2.00 bits per heavy atom. The Hall–Kier alpha value is -2.17. The molecule has 0 radical (unpaired) electrons. The molecule has 1 aliphatic heterocycles. The number of aryl methyl sites for hydroxylation is 1. The molecule has 110 valence electrons. The number of carbonyl (C=O) groups is 1. The van der Waals surface area contributed by atoms with Gasteiger partial charge in [-0.15, -0.1) is 5.10 Å². The maximum atomic E-state index is 12.0. The van der Waals surface area contributed by atoms with Crippen LogP contribution >= 0.6 is 0 Å². The lowest BCUT2D eigenvalue weighted by atomic mass is 10.0. The Balaban J connectivity index is 1.33. The number of aromatic nitrogens is 3. The highest BCUT2D eigenvalue weighted by Gasteiger charge is 2.31. The SMILES string of the molecule is O=C(CCCCc1ccccc1)N1CC(n2ccnn2)C1. The average molecular weight is 284 g/mol. The average Bonchev–Trinajstić information content (AvgIpc) is 2.97. The molecule has 0 atom stereocenters. The maximum Gasteiger partial charge on any atom is 0.222 e. The monoisotopic (exact) mass is 284 g/mol. The number of amides is 1. The number of hydrogen-bond acceptors (Lipinski definition) is 3. The van der Waals surface area contributed by atoms with Gasteiger partial charge in [-0.05, 0) is 24.8 Å². The van der Waals surface area contributed by atoms with Crippen LogP contribution in [0.15, 0.2) is 42.7 Å². The van der Waals surface area contributed by atoms with Crippen molar-refractivity contribution in [2.45, 2.75) is 31.7 Å². The second kappa shape index (κ2) is 6.52. The van der Waals surface area contributed by atoms with E-state index >= 15 is 0 Å². The minimum atomic E-state index is 0.263. The smallest absolute Gasteiger partial charge is 0.222 e. The van der Waals surface area contributed by atoms with Crippen LogP contribution in [0.1, 0.15) is 30.9 Å². The van der Waals surface area contributed by atoms with Gasteiger partial charge in [0, 0.05) is 25.7 Å². The number of likely N-dealkylation sites (tertiary alicyclic amines) is 1. The standard InChI is InChI=1S/C16H20N4O/c21-16(9-5-4-8-14-6-2-1-3-7-14)19-12-15(13-19)20-11-10-17-18-20/h1-3,6-7,10-11,15H,4-5,8-9,12-13H2. The van der Waals surface area contributed by atoms with E-state index in [0.29, 0.717) is 12.5 Å². The highest BCUT2D eigenvalue weighted by molar-refractivity contribution is 5.77. The van der Waals surface area contributed by atoms with Gasteiger partial charge in [-0.25, -0.2) is 4.68 Å². The summed E-state index contributed by atoms with van der Waals surface area (Å²) in [4.78, 5) is 13.9. The fourth-order valence-electron chi connectivity index (χ4n) is 2.65. The summed E-state index contributed by atoms with van der Waals surface area (Å²) in [5, 5.41) is 7.76. The molecule has 1 amide bonds. The zero-order valence-electron chi connectivity index (χ0n) is 12.1. The van der Waals surface area contributed by atoms with Crippen LogP contribution in [-0.4, -0.2) is 38.9 Å². The molecular weight excluding hydrogens is 264 g/mol. The van der Waals surface area contributed by atoms with Crippen molar-refractivity contribution in [1.29, 1.82) is 0 Å². The Kier molecular flexibility index (Phi) is 4.28. The molecule has 5 heteroatoms. The van der Waals surface area contributed by atoms with Gasteiger partial charge >= 0.3 is 0 Å². The van der Waals surface area contributed by atoms with Crippen LogP contribution in [0, 0.1) is 0 Å². The third kappa shape index (κ3) is 3.48. The molecule has 1 fully saturated rings. The first kappa shape index (κ1) is 13.8. The van der Waals surface area contributed by atoms with Crippen molar-refractivity contribution >= 4 is 5.91 Å². The molecule has 0 unspecified atom stereocenters. The van der Waals surface area contributed by atoms with E-state index in [1.165, 1.54) is 5.56 Å². The summed E-state index contributed by atoms with van der Waals surface area (Å²) in [6.07, 6.45) is 7.25. The highest BCUT2D eigenvalue weighted by atomic mass is 16.2. The van der Waals surface area contributed by atoms with E-state index in [1.54, 1.807) is 6.20 Å². The highest BCUT2D eigenvalue weighted by Crippen LogP contribution is 2.21. The fourth-order valence-corrected chi connectivity index (χ4v) is 2.65. The lowest BCUT2D eigenvalue weighted by Crippen LogP contribution is -2.50. The third-order valence-corrected chi connectivity index (χ3v) is 3.98. The Morgan fingerprint density at radius 3 is 2.71 bits per heavy atom. The number of carbonyl (C=O) groups excluding carboxylic acids is 1. The number of hydrogen-bond donors (Lipinski definition) is 0. The topological polar surface area (TPSA) is 51.0 Å². The molecule has 0 saturated carbocycles. The van der Waals surface area contributed by atoms with Gasteiger partial charge < -0.3 is 4.90 Å². The molecule has 0 N–H and O–H groups in total. The van der Waals surface area contributed by atoms with Crippen LogP contribution in [-0.2, 0) is 11.2 Å². The molecule has 1 saturated heterocycles. The Labute approximate surface area is 124 Å². The third-order valence-electron chi connectivity index (χ3n) is 3.98. The van der Waals surface area contributed by atoms with Crippen molar-refractivity contribution in [2.24, 2.45) is 0 Å². The van der Waals surface area contributed by atoms with Gasteiger partial charge in [0.05, 0.1) is 12.2 Å². The van der Waals surface area contributed by atoms with Gasteiger partial charge in [0.2, 0.25) is 5.91 Å².